The van der Waals surface area contributed by atoms with E-state index in [0.717, 1.165) is 25.7 Å². The number of rotatable bonds is 2. The van der Waals surface area contributed by atoms with Crippen LogP contribution >= 0.6 is 0 Å². The Kier molecular flexibility index (Phi) is 2.95. The van der Waals surface area contributed by atoms with Gasteiger partial charge in [0.25, 0.3) is 0 Å². The molecular formula is C18H22O2. The molecule has 3 fully saturated rings. The number of Topliss-reactive ketones (excluding diaryl/α,β-unsaturated/α-hetero) is 1. The number of hydrogen-bond acceptors (Lipinski definition) is 2. The maximum Gasteiger partial charge on any atom is 0.139 e. The number of aliphatic hydroxyl groups is 1. The van der Waals surface area contributed by atoms with Gasteiger partial charge >= 0.3 is 0 Å². The molecule has 6 atom stereocenters. The minimum absolute atomic E-state index is 0.207. The lowest BCUT2D eigenvalue weighted by Crippen LogP contribution is -2.30. The molecule has 4 rings (SSSR count). The largest absolute Gasteiger partial charge is 0.393 e. The van der Waals surface area contributed by atoms with Gasteiger partial charge in [0.1, 0.15) is 5.78 Å². The van der Waals surface area contributed by atoms with Crippen molar-refractivity contribution in [3.63, 3.8) is 0 Å². The number of benzene rings is 1. The maximum absolute atomic E-state index is 12.4. The Morgan fingerprint density at radius 3 is 2.65 bits per heavy atom. The van der Waals surface area contributed by atoms with E-state index in [1.807, 2.05) is 6.07 Å². The molecule has 3 aliphatic carbocycles. The SMILES string of the molecule is O=C1[C@H]2CCC[C@@H]1[C@H]1C[C@@H](O)[C@H](Cc3ccccc3)[C@H]12. The van der Waals surface area contributed by atoms with Gasteiger partial charge < -0.3 is 5.11 Å². The fraction of sp³-hybridized carbons (Fsp3) is 0.611. The summed E-state index contributed by atoms with van der Waals surface area (Å²) in [5.74, 6) is 2.26. The minimum atomic E-state index is -0.207. The van der Waals surface area contributed by atoms with Crippen LogP contribution < -0.4 is 0 Å². The number of aliphatic hydroxyl groups excluding tert-OH is 1. The molecule has 106 valence electrons. The van der Waals surface area contributed by atoms with Gasteiger partial charge in [0.05, 0.1) is 6.10 Å². The van der Waals surface area contributed by atoms with Gasteiger partial charge in [-0.2, -0.15) is 0 Å². The van der Waals surface area contributed by atoms with E-state index in [1.165, 1.54) is 12.0 Å². The fourth-order valence-corrected chi connectivity index (χ4v) is 5.30. The second-order valence-corrected chi connectivity index (χ2v) is 6.94. The number of ketones is 1. The van der Waals surface area contributed by atoms with Gasteiger partial charge in [-0.3, -0.25) is 4.79 Å². The highest BCUT2D eigenvalue weighted by atomic mass is 16.3. The summed E-state index contributed by atoms with van der Waals surface area (Å²) in [4.78, 5) is 12.4. The van der Waals surface area contributed by atoms with Crippen LogP contribution in [-0.2, 0) is 11.2 Å². The molecule has 1 aromatic rings. The molecule has 0 amide bonds. The number of hydrogen-bond donors (Lipinski definition) is 1. The average molecular weight is 270 g/mol. The quantitative estimate of drug-likeness (QED) is 0.897. The summed E-state index contributed by atoms with van der Waals surface area (Å²) in [6, 6.07) is 10.4. The summed E-state index contributed by atoms with van der Waals surface area (Å²) in [5.41, 5.74) is 1.30. The molecule has 2 nitrogen and oxygen atoms in total. The molecule has 2 bridgehead atoms. The fourth-order valence-electron chi connectivity index (χ4n) is 5.30. The summed E-state index contributed by atoms with van der Waals surface area (Å²) in [6.07, 6.45) is 4.92. The van der Waals surface area contributed by atoms with E-state index in [4.69, 9.17) is 0 Å². The van der Waals surface area contributed by atoms with Crippen molar-refractivity contribution >= 4 is 5.78 Å². The Morgan fingerprint density at radius 2 is 1.85 bits per heavy atom. The molecule has 0 saturated heterocycles. The molecule has 1 N–H and O–H groups in total. The summed E-state index contributed by atoms with van der Waals surface area (Å²) >= 11 is 0. The first kappa shape index (κ1) is 12.6. The highest BCUT2D eigenvalue weighted by molar-refractivity contribution is 5.87. The third-order valence-electron chi connectivity index (χ3n) is 6.05. The Morgan fingerprint density at radius 1 is 1.10 bits per heavy atom. The molecule has 20 heavy (non-hydrogen) atoms. The zero-order valence-corrected chi connectivity index (χ0v) is 11.7. The summed E-state index contributed by atoms with van der Waals surface area (Å²) in [6.45, 7) is 0. The first-order valence-corrected chi connectivity index (χ1v) is 8.01. The molecule has 0 radical (unpaired) electrons. The van der Waals surface area contributed by atoms with Crippen LogP contribution in [0.15, 0.2) is 30.3 Å². The summed E-state index contributed by atoms with van der Waals surface area (Å²) in [5, 5.41) is 10.5. The van der Waals surface area contributed by atoms with Crippen molar-refractivity contribution in [1.29, 1.82) is 0 Å². The van der Waals surface area contributed by atoms with Gasteiger partial charge in [-0.1, -0.05) is 36.8 Å². The van der Waals surface area contributed by atoms with Crippen LogP contribution in [0.5, 0.6) is 0 Å². The topological polar surface area (TPSA) is 37.3 Å². The van der Waals surface area contributed by atoms with E-state index < -0.39 is 0 Å². The van der Waals surface area contributed by atoms with Crippen LogP contribution in [0.1, 0.15) is 31.2 Å². The van der Waals surface area contributed by atoms with Crippen LogP contribution in [0.4, 0.5) is 0 Å². The van der Waals surface area contributed by atoms with Crippen molar-refractivity contribution in [2.24, 2.45) is 29.6 Å². The smallest absolute Gasteiger partial charge is 0.139 e. The molecule has 1 aromatic carbocycles. The Hall–Kier alpha value is -1.15. The first-order chi connectivity index (χ1) is 9.75. The highest BCUT2D eigenvalue weighted by Crippen LogP contribution is 2.57. The molecule has 0 unspecified atom stereocenters. The van der Waals surface area contributed by atoms with Gasteiger partial charge in [0, 0.05) is 11.8 Å². The van der Waals surface area contributed by atoms with Crippen molar-refractivity contribution in [3.05, 3.63) is 35.9 Å². The van der Waals surface area contributed by atoms with Crippen molar-refractivity contribution in [2.45, 2.75) is 38.2 Å². The molecule has 0 spiro atoms. The van der Waals surface area contributed by atoms with Crippen LogP contribution in [0.2, 0.25) is 0 Å². The van der Waals surface area contributed by atoms with Crippen LogP contribution in [-0.4, -0.2) is 17.0 Å². The van der Waals surface area contributed by atoms with E-state index in [-0.39, 0.29) is 17.9 Å². The summed E-state index contributed by atoms with van der Waals surface area (Å²) < 4.78 is 0. The lowest BCUT2D eigenvalue weighted by Gasteiger charge is -2.27. The lowest BCUT2D eigenvalue weighted by molar-refractivity contribution is -0.127. The minimum Gasteiger partial charge on any atom is -0.393 e. The standard InChI is InChI=1S/C18H22O2/c19-16-10-14-12-7-4-8-13(18(12)20)17(14)15(16)9-11-5-2-1-3-6-11/h1-3,5-6,12-17,19H,4,7-10H2/t12-,13+,14-,15+,16-,17+/m1/s1. The predicted molar refractivity (Wildman–Crippen MR) is 77.1 cm³/mol. The molecular weight excluding hydrogens is 248 g/mol. The molecule has 2 heteroatoms. The lowest BCUT2D eigenvalue weighted by atomic mass is 9.78. The van der Waals surface area contributed by atoms with E-state index in [9.17, 15) is 9.90 Å². The number of fused-ring (bicyclic) bond motifs is 5. The number of carbonyl (C=O) groups excluding carboxylic acids is 1. The number of carbonyl (C=O) groups is 1. The third-order valence-corrected chi connectivity index (χ3v) is 6.05. The Balaban J connectivity index is 1.62. The van der Waals surface area contributed by atoms with Crippen molar-refractivity contribution in [1.82, 2.24) is 0 Å². The van der Waals surface area contributed by atoms with E-state index in [2.05, 4.69) is 24.3 Å². The zero-order chi connectivity index (χ0) is 13.7. The van der Waals surface area contributed by atoms with Gasteiger partial charge in [0.15, 0.2) is 0 Å². The summed E-state index contributed by atoms with van der Waals surface area (Å²) in [7, 11) is 0. The highest BCUT2D eigenvalue weighted by Gasteiger charge is 2.58. The van der Waals surface area contributed by atoms with Gasteiger partial charge in [-0.25, -0.2) is 0 Å². The second kappa shape index (κ2) is 4.70. The first-order valence-electron chi connectivity index (χ1n) is 8.01. The molecule has 0 heterocycles. The van der Waals surface area contributed by atoms with Crippen molar-refractivity contribution < 1.29 is 9.90 Å². The molecule has 3 aliphatic rings. The van der Waals surface area contributed by atoms with Gasteiger partial charge in [-0.15, -0.1) is 0 Å². The zero-order valence-electron chi connectivity index (χ0n) is 11.7. The predicted octanol–water partition coefficient (Wildman–Crippen LogP) is 2.84. The molecule has 3 saturated carbocycles. The molecule has 0 aliphatic heterocycles. The van der Waals surface area contributed by atoms with Crippen molar-refractivity contribution in [3.8, 4) is 0 Å². The van der Waals surface area contributed by atoms with E-state index in [1.54, 1.807) is 0 Å². The molecule has 0 aromatic heterocycles. The normalized spacial score (nSPS) is 42.8. The van der Waals surface area contributed by atoms with Crippen LogP contribution in [0.25, 0.3) is 0 Å². The van der Waals surface area contributed by atoms with E-state index in [0.29, 0.717) is 23.5 Å². The monoisotopic (exact) mass is 270 g/mol. The van der Waals surface area contributed by atoms with Gasteiger partial charge in [0.2, 0.25) is 0 Å². The van der Waals surface area contributed by atoms with E-state index >= 15 is 0 Å². The van der Waals surface area contributed by atoms with Gasteiger partial charge in [-0.05, 0) is 49.0 Å². The van der Waals surface area contributed by atoms with Crippen molar-refractivity contribution in [2.75, 3.05) is 0 Å². The Labute approximate surface area is 120 Å². The average Bonchev–Trinajstić information content (AvgIpc) is 2.82. The van der Waals surface area contributed by atoms with Crippen LogP contribution in [0, 0.1) is 29.6 Å². The van der Waals surface area contributed by atoms with Crippen LogP contribution in [0.3, 0.4) is 0 Å². The Bertz CT molecular complexity index is 509. The third kappa shape index (κ3) is 1.77. The second-order valence-electron chi connectivity index (χ2n) is 6.94. The maximum atomic E-state index is 12.4.